The van der Waals surface area contributed by atoms with E-state index in [-0.39, 0.29) is 19.3 Å². The maximum atomic E-state index is 12.1. The second kappa shape index (κ2) is 6.62. The van der Waals surface area contributed by atoms with Crippen LogP contribution in [0.4, 0.5) is 0 Å². The van der Waals surface area contributed by atoms with Crippen molar-refractivity contribution in [3.63, 3.8) is 0 Å². The van der Waals surface area contributed by atoms with Gasteiger partial charge in [-0.1, -0.05) is 18.2 Å². The van der Waals surface area contributed by atoms with Crippen molar-refractivity contribution in [1.82, 2.24) is 4.98 Å². The van der Waals surface area contributed by atoms with Crippen molar-refractivity contribution in [2.45, 2.75) is 24.8 Å². The number of methoxy groups -OCH3 is 2. The summed E-state index contributed by atoms with van der Waals surface area (Å²) in [7, 11) is 2.59. The number of carbonyl (C=O) groups excluding carboxylic acids is 2. The average molecular weight is 304 g/mol. The van der Waals surface area contributed by atoms with Gasteiger partial charge in [-0.05, 0) is 18.1 Å². The molecule has 0 bridgehead atoms. The predicted octanol–water partition coefficient (Wildman–Crippen LogP) is 1.53. The minimum Gasteiger partial charge on any atom is -0.469 e. The van der Waals surface area contributed by atoms with Crippen molar-refractivity contribution in [2.75, 3.05) is 14.2 Å². The monoisotopic (exact) mass is 304 g/mol. The molecule has 0 saturated carbocycles. The number of rotatable bonds is 6. The number of nitrogens with two attached hydrogens (primary N) is 1. The van der Waals surface area contributed by atoms with Crippen LogP contribution in [0.15, 0.2) is 30.5 Å². The van der Waals surface area contributed by atoms with Crippen molar-refractivity contribution in [1.29, 1.82) is 0 Å². The number of esters is 2. The highest BCUT2D eigenvalue weighted by molar-refractivity contribution is 5.86. The van der Waals surface area contributed by atoms with Crippen LogP contribution in [0, 0.1) is 0 Å². The highest BCUT2D eigenvalue weighted by Gasteiger charge is 2.36. The van der Waals surface area contributed by atoms with Crippen LogP contribution in [-0.4, -0.2) is 36.7 Å². The second-order valence-corrected chi connectivity index (χ2v) is 5.26. The molecule has 0 amide bonds. The zero-order valence-electron chi connectivity index (χ0n) is 12.7. The molecular formula is C16H20N2O4. The number of ether oxygens (including phenoxy) is 2. The number of nitrogens with one attached hydrogen (secondary N) is 1. The lowest BCUT2D eigenvalue weighted by atomic mass is 9.87. The Morgan fingerprint density at radius 3 is 2.64 bits per heavy atom. The first kappa shape index (κ1) is 16.0. The van der Waals surface area contributed by atoms with E-state index in [1.54, 1.807) is 0 Å². The summed E-state index contributed by atoms with van der Waals surface area (Å²) in [4.78, 5) is 26.6. The molecule has 3 N–H and O–H groups in total. The third-order valence-corrected chi connectivity index (χ3v) is 3.78. The van der Waals surface area contributed by atoms with Crippen molar-refractivity contribution >= 4 is 22.8 Å². The summed E-state index contributed by atoms with van der Waals surface area (Å²) < 4.78 is 9.43. The number of fused-ring (bicyclic) bond motifs is 1. The first-order chi connectivity index (χ1) is 10.5. The Kier molecular flexibility index (Phi) is 4.82. The van der Waals surface area contributed by atoms with Gasteiger partial charge in [0.05, 0.1) is 14.2 Å². The highest BCUT2D eigenvalue weighted by Crippen LogP contribution is 2.25. The fraction of sp³-hybridized carbons (Fsp3) is 0.375. The predicted molar refractivity (Wildman–Crippen MR) is 82.2 cm³/mol. The molecule has 0 aliphatic heterocycles. The minimum absolute atomic E-state index is 0.0600. The molecule has 1 atom stereocenters. The number of aromatic amines is 1. The van der Waals surface area contributed by atoms with Crippen LogP contribution in [0.2, 0.25) is 0 Å². The van der Waals surface area contributed by atoms with Crippen molar-refractivity contribution in [3.05, 3.63) is 36.0 Å². The van der Waals surface area contributed by atoms with E-state index in [4.69, 9.17) is 10.5 Å². The molecule has 0 radical (unpaired) electrons. The van der Waals surface area contributed by atoms with Crippen LogP contribution in [0.5, 0.6) is 0 Å². The van der Waals surface area contributed by atoms with E-state index in [2.05, 4.69) is 9.72 Å². The molecule has 22 heavy (non-hydrogen) atoms. The Bertz CT molecular complexity index is 680. The zero-order valence-corrected chi connectivity index (χ0v) is 12.7. The Labute approximate surface area is 128 Å². The Morgan fingerprint density at radius 2 is 1.95 bits per heavy atom. The van der Waals surface area contributed by atoms with Gasteiger partial charge < -0.3 is 20.2 Å². The van der Waals surface area contributed by atoms with Crippen molar-refractivity contribution < 1.29 is 19.1 Å². The molecule has 0 saturated heterocycles. The number of carbonyl (C=O) groups is 2. The van der Waals surface area contributed by atoms with Gasteiger partial charge >= 0.3 is 11.9 Å². The lowest BCUT2D eigenvalue weighted by Crippen LogP contribution is -2.51. The summed E-state index contributed by atoms with van der Waals surface area (Å²) in [5.41, 5.74) is 6.85. The second-order valence-electron chi connectivity index (χ2n) is 5.26. The molecule has 0 aliphatic rings. The number of hydrogen-bond acceptors (Lipinski definition) is 5. The topological polar surface area (TPSA) is 94.4 Å². The largest absolute Gasteiger partial charge is 0.469 e. The summed E-state index contributed by atoms with van der Waals surface area (Å²) in [6.07, 6.45) is 2.32. The molecule has 2 rings (SSSR count). The van der Waals surface area contributed by atoms with Gasteiger partial charge in [-0.3, -0.25) is 9.59 Å². The summed E-state index contributed by atoms with van der Waals surface area (Å²) in [6, 6.07) is 7.75. The van der Waals surface area contributed by atoms with Crippen LogP contribution in [0.25, 0.3) is 10.9 Å². The third kappa shape index (κ3) is 3.28. The van der Waals surface area contributed by atoms with E-state index in [1.165, 1.54) is 14.2 Å². The molecule has 0 aliphatic carbocycles. The first-order valence-electron chi connectivity index (χ1n) is 6.99. The molecule has 6 heteroatoms. The van der Waals surface area contributed by atoms with Crippen LogP contribution in [0.3, 0.4) is 0 Å². The van der Waals surface area contributed by atoms with Gasteiger partial charge in [0.25, 0.3) is 0 Å². The SMILES string of the molecule is COC(=O)CCC(N)(Cc1c[nH]c2ccccc12)C(=O)OC. The first-order valence-corrected chi connectivity index (χ1v) is 6.99. The molecule has 6 nitrogen and oxygen atoms in total. The Hall–Kier alpha value is -2.34. The molecule has 1 unspecified atom stereocenters. The number of benzene rings is 1. The summed E-state index contributed by atoms with van der Waals surface area (Å²) in [6.45, 7) is 0. The maximum Gasteiger partial charge on any atom is 0.326 e. The molecule has 1 aromatic carbocycles. The Balaban J connectivity index is 2.26. The van der Waals surface area contributed by atoms with E-state index in [9.17, 15) is 9.59 Å². The average Bonchev–Trinajstić information content (AvgIpc) is 2.94. The third-order valence-electron chi connectivity index (χ3n) is 3.78. The minimum atomic E-state index is -1.27. The molecule has 0 fully saturated rings. The van der Waals surface area contributed by atoms with Gasteiger partial charge in [0, 0.05) is 29.9 Å². The van der Waals surface area contributed by atoms with Crippen molar-refractivity contribution in [2.24, 2.45) is 5.73 Å². The van der Waals surface area contributed by atoms with Gasteiger partial charge in [0.1, 0.15) is 5.54 Å². The van der Waals surface area contributed by atoms with Gasteiger partial charge in [0.2, 0.25) is 0 Å². The number of hydrogen-bond donors (Lipinski definition) is 2. The van der Waals surface area contributed by atoms with E-state index in [0.717, 1.165) is 16.5 Å². The molecule has 1 aromatic heterocycles. The lowest BCUT2D eigenvalue weighted by molar-refractivity contribution is -0.148. The molecule has 118 valence electrons. The summed E-state index contributed by atoms with van der Waals surface area (Å²) >= 11 is 0. The number of aromatic nitrogens is 1. The molecule has 0 spiro atoms. The van der Waals surface area contributed by atoms with E-state index < -0.39 is 17.5 Å². The van der Waals surface area contributed by atoms with E-state index >= 15 is 0 Å². The normalized spacial score (nSPS) is 13.6. The standard InChI is InChI=1S/C16H20N2O4/c1-21-14(19)7-8-16(17,15(20)22-2)9-11-10-18-13-6-4-3-5-12(11)13/h3-6,10,18H,7-9,17H2,1-2H3. The quantitative estimate of drug-likeness (QED) is 0.789. The lowest BCUT2D eigenvalue weighted by Gasteiger charge is -2.26. The van der Waals surface area contributed by atoms with Crippen LogP contribution >= 0.6 is 0 Å². The van der Waals surface area contributed by atoms with Crippen molar-refractivity contribution in [3.8, 4) is 0 Å². The van der Waals surface area contributed by atoms with E-state index in [1.807, 2.05) is 30.5 Å². The van der Waals surface area contributed by atoms with Gasteiger partial charge in [-0.15, -0.1) is 0 Å². The Morgan fingerprint density at radius 1 is 1.23 bits per heavy atom. The molecule has 2 aromatic rings. The fourth-order valence-corrected chi connectivity index (χ4v) is 2.51. The van der Waals surface area contributed by atoms with E-state index in [0.29, 0.717) is 0 Å². The molecular weight excluding hydrogens is 284 g/mol. The van der Waals surface area contributed by atoms with Gasteiger partial charge in [-0.2, -0.15) is 0 Å². The highest BCUT2D eigenvalue weighted by atomic mass is 16.5. The van der Waals surface area contributed by atoms with Crippen LogP contribution in [0.1, 0.15) is 18.4 Å². The maximum absolute atomic E-state index is 12.1. The smallest absolute Gasteiger partial charge is 0.326 e. The van der Waals surface area contributed by atoms with Crippen LogP contribution in [-0.2, 0) is 25.5 Å². The van der Waals surface area contributed by atoms with Gasteiger partial charge in [-0.25, -0.2) is 0 Å². The fourth-order valence-electron chi connectivity index (χ4n) is 2.51. The van der Waals surface area contributed by atoms with Gasteiger partial charge in [0.15, 0.2) is 0 Å². The zero-order chi connectivity index (χ0) is 16.2. The molecule has 1 heterocycles. The summed E-state index contributed by atoms with van der Waals surface area (Å²) in [5, 5.41) is 0.999. The number of H-pyrrole nitrogens is 1. The summed E-state index contributed by atoms with van der Waals surface area (Å²) in [5.74, 6) is -0.945. The van der Waals surface area contributed by atoms with Crippen LogP contribution < -0.4 is 5.73 Å². The number of para-hydroxylation sites is 1.